The zero-order chi connectivity index (χ0) is 29.2. The Morgan fingerprint density at radius 2 is 0.810 bits per heavy atom. The SMILES string of the molecule is O=C(Nc1ccccc1)N(CCOCCOCCN(Cc1ccccc1)C(=O)Nc1ccccc1)Cc1ccccc1. The largest absolute Gasteiger partial charge is 0.377 e. The van der Waals surface area contributed by atoms with Gasteiger partial charge in [-0.3, -0.25) is 0 Å². The maximum atomic E-state index is 13.0. The minimum atomic E-state index is -0.183. The van der Waals surface area contributed by atoms with Gasteiger partial charge in [-0.15, -0.1) is 0 Å². The van der Waals surface area contributed by atoms with Crippen LogP contribution < -0.4 is 10.6 Å². The molecule has 8 heteroatoms. The molecule has 2 N–H and O–H groups in total. The van der Waals surface area contributed by atoms with Crippen molar-refractivity contribution in [3.63, 3.8) is 0 Å². The molecule has 0 heterocycles. The predicted molar refractivity (Wildman–Crippen MR) is 166 cm³/mol. The van der Waals surface area contributed by atoms with E-state index in [1.165, 1.54) is 0 Å². The first-order valence-electron chi connectivity index (χ1n) is 14.1. The van der Waals surface area contributed by atoms with Gasteiger partial charge in [-0.1, -0.05) is 97.1 Å². The highest BCUT2D eigenvalue weighted by Crippen LogP contribution is 2.11. The van der Waals surface area contributed by atoms with E-state index in [4.69, 9.17) is 9.47 Å². The summed E-state index contributed by atoms with van der Waals surface area (Å²) in [6.45, 7) is 3.32. The van der Waals surface area contributed by atoms with Gasteiger partial charge < -0.3 is 29.9 Å². The van der Waals surface area contributed by atoms with E-state index in [0.29, 0.717) is 52.6 Å². The molecule has 0 aliphatic heterocycles. The van der Waals surface area contributed by atoms with Crippen molar-refractivity contribution in [3.05, 3.63) is 132 Å². The molecule has 218 valence electrons. The van der Waals surface area contributed by atoms with E-state index in [0.717, 1.165) is 22.5 Å². The average molecular weight is 567 g/mol. The molecule has 0 atom stereocenters. The summed E-state index contributed by atoms with van der Waals surface area (Å²) in [5.41, 5.74) is 3.57. The fraction of sp³-hybridized carbons (Fsp3) is 0.235. The molecule has 4 aromatic carbocycles. The van der Waals surface area contributed by atoms with Gasteiger partial charge in [0.05, 0.1) is 26.4 Å². The maximum Gasteiger partial charge on any atom is 0.322 e. The molecule has 0 fully saturated rings. The van der Waals surface area contributed by atoms with Crippen LogP contribution in [0.4, 0.5) is 21.0 Å². The van der Waals surface area contributed by atoms with E-state index in [2.05, 4.69) is 10.6 Å². The van der Waals surface area contributed by atoms with Gasteiger partial charge in [0.1, 0.15) is 0 Å². The van der Waals surface area contributed by atoms with E-state index in [-0.39, 0.29) is 12.1 Å². The van der Waals surface area contributed by atoms with Crippen molar-refractivity contribution >= 4 is 23.4 Å². The van der Waals surface area contributed by atoms with Gasteiger partial charge in [-0.05, 0) is 35.4 Å². The van der Waals surface area contributed by atoms with Crippen LogP contribution in [0.2, 0.25) is 0 Å². The van der Waals surface area contributed by atoms with Crippen LogP contribution in [0.1, 0.15) is 11.1 Å². The van der Waals surface area contributed by atoms with E-state index in [1.54, 1.807) is 9.80 Å². The summed E-state index contributed by atoms with van der Waals surface area (Å²) >= 11 is 0. The fourth-order valence-electron chi connectivity index (χ4n) is 4.23. The van der Waals surface area contributed by atoms with Gasteiger partial charge in [0.2, 0.25) is 0 Å². The van der Waals surface area contributed by atoms with Crippen molar-refractivity contribution < 1.29 is 19.1 Å². The van der Waals surface area contributed by atoms with Crippen molar-refractivity contribution in [1.29, 1.82) is 0 Å². The lowest BCUT2D eigenvalue weighted by molar-refractivity contribution is 0.0364. The first-order chi connectivity index (χ1) is 20.7. The first-order valence-corrected chi connectivity index (χ1v) is 14.1. The Morgan fingerprint density at radius 1 is 0.476 bits per heavy atom. The molecular weight excluding hydrogens is 528 g/mol. The number of nitrogens with zero attached hydrogens (tertiary/aromatic N) is 2. The molecule has 4 amide bonds. The number of carbonyl (C=O) groups excluding carboxylic acids is 2. The topological polar surface area (TPSA) is 83.1 Å². The Balaban J connectivity index is 1.20. The van der Waals surface area contributed by atoms with Gasteiger partial charge >= 0.3 is 12.1 Å². The second-order valence-electron chi connectivity index (χ2n) is 9.63. The van der Waals surface area contributed by atoms with E-state index in [9.17, 15) is 9.59 Å². The van der Waals surface area contributed by atoms with Crippen LogP contribution in [-0.2, 0) is 22.6 Å². The van der Waals surface area contributed by atoms with Gasteiger partial charge in [-0.25, -0.2) is 9.59 Å². The van der Waals surface area contributed by atoms with Crippen molar-refractivity contribution in [2.75, 3.05) is 50.2 Å². The summed E-state index contributed by atoms with van der Waals surface area (Å²) in [6.07, 6.45) is 0. The quantitative estimate of drug-likeness (QED) is 0.161. The minimum Gasteiger partial charge on any atom is -0.377 e. The molecule has 0 bridgehead atoms. The lowest BCUT2D eigenvalue weighted by atomic mass is 10.2. The Morgan fingerprint density at radius 3 is 1.17 bits per heavy atom. The highest BCUT2D eigenvalue weighted by atomic mass is 16.5. The summed E-state index contributed by atoms with van der Waals surface area (Å²) in [7, 11) is 0. The zero-order valence-corrected chi connectivity index (χ0v) is 23.7. The Labute approximate surface area is 247 Å². The number of hydrogen-bond donors (Lipinski definition) is 2. The van der Waals surface area contributed by atoms with Gasteiger partial charge in [-0.2, -0.15) is 0 Å². The monoisotopic (exact) mass is 566 g/mol. The predicted octanol–water partition coefficient (Wildman–Crippen LogP) is 6.49. The first kappa shape index (κ1) is 30.3. The average Bonchev–Trinajstić information content (AvgIpc) is 3.03. The molecule has 0 saturated heterocycles. The van der Waals surface area contributed by atoms with Crippen LogP contribution in [0.5, 0.6) is 0 Å². The Bertz CT molecular complexity index is 1220. The second-order valence-corrected chi connectivity index (χ2v) is 9.63. The van der Waals surface area contributed by atoms with Gasteiger partial charge in [0.25, 0.3) is 0 Å². The smallest absolute Gasteiger partial charge is 0.322 e. The number of urea groups is 2. The molecule has 8 nitrogen and oxygen atoms in total. The lowest BCUT2D eigenvalue weighted by Crippen LogP contribution is -2.37. The molecule has 4 rings (SSSR count). The summed E-state index contributed by atoms with van der Waals surface area (Å²) in [4.78, 5) is 29.4. The van der Waals surface area contributed by atoms with E-state index >= 15 is 0 Å². The molecule has 0 aliphatic carbocycles. The third kappa shape index (κ3) is 10.7. The lowest BCUT2D eigenvalue weighted by Gasteiger charge is -2.24. The van der Waals surface area contributed by atoms with Crippen molar-refractivity contribution in [2.24, 2.45) is 0 Å². The molecular formula is C34H38N4O4. The Hall–Kier alpha value is -4.66. The van der Waals surface area contributed by atoms with Crippen molar-refractivity contribution in [2.45, 2.75) is 13.1 Å². The number of anilines is 2. The molecule has 42 heavy (non-hydrogen) atoms. The van der Waals surface area contributed by atoms with Gasteiger partial charge in [0.15, 0.2) is 0 Å². The number of ether oxygens (including phenoxy) is 2. The van der Waals surface area contributed by atoms with Crippen LogP contribution in [0.3, 0.4) is 0 Å². The van der Waals surface area contributed by atoms with Crippen LogP contribution >= 0.6 is 0 Å². The Kier molecular flexibility index (Phi) is 12.4. The summed E-state index contributed by atoms with van der Waals surface area (Å²) in [5.74, 6) is 0. The molecule has 0 spiro atoms. The number of para-hydroxylation sites is 2. The minimum absolute atomic E-state index is 0.183. The summed E-state index contributed by atoms with van der Waals surface area (Å²) in [6, 6.07) is 38.2. The molecule has 0 radical (unpaired) electrons. The third-order valence-corrected chi connectivity index (χ3v) is 6.44. The van der Waals surface area contributed by atoms with E-state index < -0.39 is 0 Å². The highest BCUT2D eigenvalue weighted by molar-refractivity contribution is 5.89. The van der Waals surface area contributed by atoms with E-state index in [1.807, 2.05) is 121 Å². The molecule has 0 unspecified atom stereocenters. The summed E-state index contributed by atoms with van der Waals surface area (Å²) < 4.78 is 11.6. The van der Waals surface area contributed by atoms with Crippen molar-refractivity contribution in [3.8, 4) is 0 Å². The highest BCUT2D eigenvalue weighted by Gasteiger charge is 2.15. The number of benzene rings is 4. The summed E-state index contributed by atoms with van der Waals surface area (Å²) in [5, 5.41) is 5.91. The maximum absolute atomic E-state index is 13.0. The van der Waals surface area contributed by atoms with Crippen LogP contribution in [0, 0.1) is 0 Å². The number of hydrogen-bond acceptors (Lipinski definition) is 4. The van der Waals surface area contributed by atoms with Crippen molar-refractivity contribution in [1.82, 2.24) is 9.80 Å². The van der Waals surface area contributed by atoms with Gasteiger partial charge in [0, 0.05) is 37.6 Å². The zero-order valence-electron chi connectivity index (χ0n) is 23.7. The fourth-order valence-corrected chi connectivity index (χ4v) is 4.23. The standard InChI is InChI=1S/C34H38N4O4/c39-33(35-31-17-9-3-10-18-31)37(27-29-13-5-1-6-14-29)21-23-41-25-26-42-24-22-38(28-30-15-7-2-8-16-30)34(40)36-32-19-11-4-12-20-32/h1-20H,21-28H2,(H,35,39)(H,36,40). The molecule has 0 aliphatic rings. The molecule has 0 aromatic heterocycles. The van der Waals surface area contributed by atoms with Crippen LogP contribution in [-0.4, -0.2) is 61.4 Å². The molecule has 4 aromatic rings. The number of carbonyl (C=O) groups is 2. The van der Waals surface area contributed by atoms with Crippen LogP contribution in [0.15, 0.2) is 121 Å². The third-order valence-electron chi connectivity index (χ3n) is 6.44. The van der Waals surface area contributed by atoms with Crippen LogP contribution in [0.25, 0.3) is 0 Å². The second kappa shape index (κ2) is 17.2. The number of nitrogens with one attached hydrogen (secondary N) is 2. The molecule has 0 saturated carbocycles. The number of amides is 4. The normalized spacial score (nSPS) is 10.6. The number of rotatable bonds is 15.